The van der Waals surface area contributed by atoms with Crippen molar-refractivity contribution in [2.45, 2.75) is 12.8 Å². The van der Waals surface area contributed by atoms with E-state index in [2.05, 4.69) is 16.6 Å². The lowest BCUT2D eigenvalue weighted by Gasteiger charge is -1.99. The lowest BCUT2D eigenvalue weighted by molar-refractivity contribution is -0.116. The molecule has 1 aromatic rings. The molecule has 1 heterocycles. The molecule has 0 spiro atoms. The van der Waals surface area contributed by atoms with Gasteiger partial charge in [0.15, 0.2) is 0 Å². The molecular weight excluding hydrogens is 210 g/mol. The Labute approximate surface area is 93.1 Å². The van der Waals surface area contributed by atoms with Crippen molar-refractivity contribution in [1.82, 2.24) is 0 Å². The molecule has 0 aromatic carbocycles. The number of hydrogen-bond acceptors (Lipinski definition) is 4. The first-order valence-electron chi connectivity index (χ1n) is 4.76. The highest BCUT2D eigenvalue weighted by molar-refractivity contribution is 5.91. The fraction of sp³-hybridized carbons (Fsp3) is 0.273. The smallest absolute Gasteiger partial charge is 0.374 e. The van der Waals surface area contributed by atoms with Crippen molar-refractivity contribution in [3.8, 4) is 0 Å². The van der Waals surface area contributed by atoms with Gasteiger partial charge < -0.3 is 9.15 Å². The summed E-state index contributed by atoms with van der Waals surface area (Å²) in [6.45, 7) is 3.51. The summed E-state index contributed by atoms with van der Waals surface area (Å²) in [7, 11) is 1.26. The first kappa shape index (κ1) is 12.0. The van der Waals surface area contributed by atoms with Gasteiger partial charge in [-0.3, -0.25) is 10.1 Å². The molecule has 1 N–H and O–H groups in total. The van der Waals surface area contributed by atoms with E-state index in [4.69, 9.17) is 4.42 Å². The number of esters is 1. The van der Waals surface area contributed by atoms with Gasteiger partial charge in [0.25, 0.3) is 0 Å². The maximum atomic E-state index is 11.3. The van der Waals surface area contributed by atoms with Crippen LogP contribution < -0.4 is 5.32 Å². The molecule has 0 bridgehead atoms. The number of furan rings is 1. The molecule has 86 valence electrons. The number of allylic oxidation sites excluding steroid dienone is 1. The van der Waals surface area contributed by atoms with Gasteiger partial charge in [0.2, 0.25) is 17.6 Å². The molecule has 16 heavy (non-hydrogen) atoms. The van der Waals surface area contributed by atoms with Crippen molar-refractivity contribution in [3.05, 3.63) is 30.5 Å². The lowest BCUT2D eigenvalue weighted by atomic mass is 10.3. The first-order chi connectivity index (χ1) is 7.67. The molecule has 1 rings (SSSR count). The SMILES string of the molecule is C=CCCC(=O)Nc1ccc(C(=O)OC)o1. The summed E-state index contributed by atoms with van der Waals surface area (Å²) in [5.74, 6) is -0.478. The fourth-order valence-electron chi connectivity index (χ4n) is 1.05. The van der Waals surface area contributed by atoms with E-state index in [1.165, 1.54) is 19.2 Å². The molecule has 1 aromatic heterocycles. The standard InChI is InChI=1S/C11H13NO4/c1-3-4-5-9(13)12-10-7-6-8(16-10)11(14)15-2/h3,6-7H,1,4-5H2,2H3,(H,12,13). The van der Waals surface area contributed by atoms with Crippen LogP contribution >= 0.6 is 0 Å². The first-order valence-corrected chi connectivity index (χ1v) is 4.76. The maximum absolute atomic E-state index is 11.3. The van der Waals surface area contributed by atoms with Crippen LogP contribution in [0.2, 0.25) is 0 Å². The number of methoxy groups -OCH3 is 1. The van der Waals surface area contributed by atoms with Crippen molar-refractivity contribution in [1.29, 1.82) is 0 Å². The molecule has 0 radical (unpaired) electrons. The van der Waals surface area contributed by atoms with Crippen LogP contribution in [0.25, 0.3) is 0 Å². The minimum atomic E-state index is -0.577. The summed E-state index contributed by atoms with van der Waals surface area (Å²) in [6, 6.07) is 2.94. The third-order valence-electron chi connectivity index (χ3n) is 1.83. The number of anilines is 1. The predicted octanol–water partition coefficient (Wildman–Crippen LogP) is 1.97. The molecule has 0 aliphatic carbocycles. The third kappa shape index (κ3) is 3.27. The second kappa shape index (κ2) is 5.75. The number of carbonyl (C=O) groups excluding carboxylic acids is 2. The van der Waals surface area contributed by atoms with Gasteiger partial charge >= 0.3 is 5.97 Å². The monoisotopic (exact) mass is 223 g/mol. The molecule has 0 aliphatic rings. The van der Waals surface area contributed by atoms with Crippen LogP contribution in [0, 0.1) is 0 Å². The van der Waals surface area contributed by atoms with Crippen molar-refractivity contribution in [2.24, 2.45) is 0 Å². The Hall–Kier alpha value is -2.04. The van der Waals surface area contributed by atoms with Gasteiger partial charge in [-0.1, -0.05) is 6.08 Å². The van der Waals surface area contributed by atoms with Gasteiger partial charge in [-0.15, -0.1) is 6.58 Å². The van der Waals surface area contributed by atoms with E-state index in [0.29, 0.717) is 12.8 Å². The predicted molar refractivity (Wildman–Crippen MR) is 58.1 cm³/mol. The van der Waals surface area contributed by atoms with E-state index in [1.807, 2.05) is 0 Å². The van der Waals surface area contributed by atoms with Crippen LogP contribution in [-0.4, -0.2) is 19.0 Å². The largest absolute Gasteiger partial charge is 0.463 e. The van der Waals surface area contributed by atoms with Crippen LogP contribution in [0.1, 0.15) is 23.4 Å². The normalized spacial score (nSPS) is 9.56. The Morgan fingerprint density at radius 3 is 2.94 bits per heavy atom. The molecule has 0 fully saturated rings. The summed E-state index contributed by atoms with van der Waals surface area (Å²) in [6.07, 6.45) is 2.58. The van der Waals surface area contributed by atoms with E-state index in [1.54, 1.807) is 6.08 Å². The summed E-state index contributed by atoms with van der Waals surface area (Å²) >= 11 is 0. The Kier molecular flexibility index (Phi) is 4.32. The second-order valence-corrected chi connectivity index (χ2v) is 3.03. The van der Waals surface area contributed by atoms with Crippen LogP contribution in [0.4, 0.5) is 5.88 Å². The van der Waals surface area contributed by atoms with Gasteiger partial charge in [0.05, 0.1) is 7.11 Å². The van der Waals surface area contributed by atoms with Crippen molar-refractivity contribution in [3.63, 3.8) is 0 Å². The summed E-state index contributed by atoms with van der Waals surface area (Å²) in [5, 5.41) is 2.51. The van der Waals surface area contributed by atoms with Gasteiger partial charge in [-0.25, -0.2) is 4.79 Å². The molecule has 0 atom stereocenters. The average molecular weight is 223 g/mol. The zero-order valence-corrected chi connectivity index (χ0v) is 8.99. The zero-order chi connectivity index (χ0) is 12.0. The Balaban J connectivity index is 2.55. The van der Waals surface area contributed by atoms with Gasteiger partial charge in [0.1, 0.15) is 0 Å². The van der Waals surface area contributed by atoms with E-state index in [9.17, 15) is 9.59 Å². The van der Waals surface area contributed by atoms with Gasteiger partial charge in [-0.2, -0.15) is 0 Å². The molecule has 1 amide bonds. The molecule has 0 aliphatic heterocycles. The lowest BCUT2D eigenvalue weighted by Crippen LogP contribution is -2.09. The third-order valence-corrected chi connectivity index (χ3v) is 1.83. The molecule has 0 unspecified atom stereocenters. The molecular formula is C11H13NO4. The molecule has 0 saturated carbocycles. The Morgan fingerprint density at radius 1 is 1.56 bits per heavy atom. The molecule has 5 nitrogen and oxygen atoms in total. The topological polar surface area (TPSA) is 68.5 Å². The van der Waals surface area contributed by atoms with Crippen LogP contribution in [0.15, 0.2) is 29.2 Å². The van der Waals surface area contributed by atoms with E-state index in [0.717, 1.165) is 0 Å². The van der Waals surface area contributed by atoms with Gasteiger partial charge in [0, 0.05) is 12.5 Å². The highest BCUT2D eigenvalue weighted by Crippen LogP contribution is 2.14. The molecule has 5 heteroatoms. The van der Waals surface area contributed by atoms with E-state index < -0.39 is 5.97 Å². The van der Waals surface area contributed by atoms with Crippen LogP contribution in [0.3, 0.4) is 0 Å². The summed E-state index contributed by atoms with van der Waals surface area (Å²) in [4.78, 5) is 22.3. The Morgan fingerprint density at radius 2 is 2.31 bits per heavy atom. The quantitative estimate of drug-likeness (QED) is 0.612. The van der Waals surface area contributed by atoms with Crippen LogP contribution in [-0.2, 0) is 9.53 Å². The highest BCUT2D eigenvalue weighted by Gasteiger charge is 2.12. The van der Waals surface area contributed by atoms with Crippen LogP contribution in [0.5, 0.6) is 0 Å². The van der Waals surface area contributed by atoms with Crippen molar-refractivity contribution in [2.75, 3.05) is 12.4 Å². The number of nitrogens with one attached hydrogen (secondary N) is 1. The van der Waals surface area contributed by atoms with E-state index in [-0.39, 0.29) is 17.6 Å². The average Bonchev–Trinajstić information content (AvgIpc) is 2.73. The number of hydrogen-bond donors (Lipinski definition) is 1. The number of amides is 1. The zero-order valence-electron chi connectivity index (χ0n) is 8.99. The van der Waals surface area contributed by atoms with E-state index >= 15 is 0 Å². The van der Waals surface area contributed by atoms with Crippen molar-refractivity contribution < 1.29 is 18.7 Å². The number of carbonyl (C=O) groups is 2. The summed E-state index contributed by atoms with van der Waals surface area (Å²) < 4.78 is 9.52. The maximum Gasteiger partial charge on any atom is 0.374 e. The van der Waals surface area contributed by atoms with Crippen molar-refractivity contribution >= 4 is 17.8 Å². The fourth-order valence-corrected chi connectivity index (χ4v) is 1.05. The highest BCUT2D eigenvalue weighted by atomic mass is 16.5. The second-order valence-electron chi connectivity index (χ2n) is 3.03. The number of ether oxygens (including phenoxy) is 1. The minimum absolute atomic E-state index is 0.0570. The summed E-state index contributed by atoms with van der Waals surface area (Å²) in [5.41, 5.74) is 0. The van der Waals surface area contributed by atoms with Gasteiger partial charge in [-0.05, 0) is 12.5 Å². The minimum Gasteiger partial charge on any atom is -0.463 e. The Bertz CT molecular complexity index is 394. The molecule has 0 saturated heterocycles. The number of rotatable bonds is 5.